The van der Waals surface area contributed by atoms with Crippen LogP contribution in [0.15, 0.2) is 54.9 Å². The molecule has 0 amide bonds. The van der Waals surface area contributed by atoms with E-state index in [0.29, 0.717) is 10.9 Å². The van der Waals surface area contributed by atoms with Crippen molar-refractivity contribution < 1.29 is 9.53 Å². The van der Waals surface area contributed by atoms with Crippen molar-refractivity contribution in [3.63, 3.8) is 0 Å². The van der Waals surface area contributed by atoms with Gasteiger partial charge in [0.05, 0.1) is 23.7 Å². The SMILES string of the molecule is COC(=O)c1c2cnccc2nc2cc3ccccc3cc12. The minimum Gasteiger partial charge on any atom is -0.465 e. The molecule has 0 aliphatic carbocycles. The van der Waals surface area contributed by atoms with Gasteiger partial charge in [0, 0.05) is 23.2 Å². The molecule has 0 bridgehead atoms. The molecule has 22 heavy (non-hydrogen) atoms. The number of pyridine rings is 2. The molecule has 0 fully saturated rings. The monoisotopic (exact) mass is 288 g/mol. The fourth-order valence-corrected chi connectivity index (χ4v) is 2.80. The van der Waals surface area contributed by atoms with Crippen LogP contribution in [0.3, 0.4) is 0 Å². The number of fused-ring (bicyclic) bond motifs is 3. The van der Waals surface area contributed by atoms with Gasteiger partial charge in [-0.3, -0.25) is 4.98 Å². The van der Waals surface area contributed by atoms with Gasteiger partial charge in [-0.1, -0.05) is 24.3 Å². The second-order valence-corrected chi connectivity index (χ2v) is 5.09. The molecule has 0 unspecified atom stereocenters. The van der Waals surface area contributed by atoms with Crippen molar-refractivity contribution in [3.05, 3.63) is 60.4 Å². The molecule has 0 radical (unpaired) electrons. The van der Waals surface area contributed by atoms with Gasteiger partial charge in [-0.2, -0.15) is 0 Å². The van der Waals surface area contributed by atoms with Gasteiger partial charge in [0.25, 0.3) is 0 Å². The van der Waals surface area contributed by atoms with E-state index in [-0.39, 0.29) is 5.97 Å². The third kappa shape index (κ3) is 1.81. The van der Waals surface area contributed by atoms with Gasteiger partial charge in [-0.05, 0) is 29.0 Å². The lowest BCUT2D eigenvalue weighted by molar-refractivity contribution is 0.0605. The molecule has 0 atom stereocenters. The number of esters is 1. The van der Waals surface area contributed by atoms with Crippen molar-refractivity contribution in [1.82, 2.24) is 9.97 Å². The van der Waals surface area contributed by atoms with Crippen molar-refractivity contribution in [2.45, 2.75) is 0 Å². The van der Waals surface area contributed by atoms with Crippen LogP contribution in [0.4, 0.5) is 0 Å². The van der Waals surface area contributed by atoms with Crippen molar-refractivity contribution in [2.24, 2.45) is 0 Å². The van der Waals surface area contributed by atoms with E-state index in [9.17, 15) is 4.79 Å². The van der Waals surface area contributed by atoms with Crippen LogP contribution in [-0.4, -0.2) is 23.0 Å². The predicted molar refractivity (Wildman–Crippen MR) is 85.9 cm³/mol. The van der Waals surface area contributed by atoms with Crippen LogP contribution in [0.1, 0.15) is 10.4 Å². The van der Waals surface area contributed by atoms with E-state index in [1.807, 2.05) is 36.4 Å². The lowest BCUT2D eigenvalue weighted by Gasteiger charge is -2.10. The third-order valence-corrected chi connectivity index (χ3v) is 3.83. The first-order chi connectivity index (χ1) is 10.8. The van der Waals surface area contributed by atoms with Crippen LogP contribution >= 0.6 is 0 Å². The summed E-state index contributed by atoms with van der Waals surface area (Å²) in [5.74, 6) is -0.374. The number of hydrogen-bond donors (Lipinski definition) is 0. The number of nitrogens with zero attached hydrogens (tertiary/aromatic N) is 2. The highest BCUT2D eigenvalue weighted by Gasteiger charge is 2.17. The Kier molecular flexibility index (Phi) is 2.76. The maximum Gasteiger partial charge on any atom is 0.339 e. The van der Waals surface area contributed by atoms with Gasteiger partial charge in [0.15, 0.2) is 0 Å². The summed E-state index contributed by atoms with van der Waals surface area (Å²) in [6.07, 6.45) is 3.33. The molecule has 0 spiro atoms. The van der Waals surface area contributed by atoms with Crippen molar-refractivity contribution >= 4 is 38.5 Å². The van der Waals surface area contributed by atoms with Crippen LogP contribution in [0, 0.1) is 0 Å². The number of hydrogen-bond acceptors (Lipinski definition) is 4. The molecule has 4 aromatic rings. The number of aromatic nitrogens is 2. The quantitative estimate of drug-likeness (QED) is 0.395. The zero-order valence-electron chi connectivity index (χ0n) is 11.9. The largest absolute Gasteiger partial charge is 0.465 e. The molecule has 4 nitrogen and oxygen atoms in total. The smallest absolute Gasteiger partial charge is 0.339 e. The van der Waals surface area contributed by atoms with E-state index in [1.54, 1.807) is 18.5 Å². The van der Waals surface area contributed by atoms with E-state index >= 15 is 0 Å². The second kappa shape index (κ2) is 4.77. The molecule has 0 aliphatic rings. The summed E-state index contributed by atoms with van der Waals surface area (Å²) in [5, 5.41) is 3.64. The summed E-state index contributed by atoms with van der Waals surface area (Å²) in [6.45, 7) is 0. The fraction of sp³-hybridized carbons (Fsp3) is 0.0556. The summed E-state index contributed by atoms with van der Waals surface area (Å²) >= 11 is 0. The molecular weight excluding hydrogens is 276 g/mol. The standard InChI is InChI=1S/C18H12N2O2/c1-22-18(21)17-13-8-11-4-2-3-5-12(11)9-16(13)20-15-6-7-19-10-14(15)17/h2-10H,1H3. The summed E-state index contributed by atoms with van der Waals surface area (Å²) in [7, 11) is 1.39. The zero-order chi connectivity index (χ0) is 15.1. The topological polar surface area (TPSA) is 52.1 Å². The Labute approximate surface area is 126 Å². The molecule has 2 aromatic carbocycles. The number of carbonyl (C=O) groups excluding carboxylic acids is 1. The van der Waals surface area contributed by atoms with Crippen LogP contribution in [0.2, 0.25) is 0 Å². The summed E-state index contributed by atoms with van der Waals surface area (Å²) in [6, 6.07) is 13.8. The van der Waals surface area contributed by atoms with E-state index in [0.717, 1.165) is 27.2 Å². The van der Waals surface area contributed by atoms with Gasteiger partial charge >= 0.3 is 5.97 Å². The third-order valence-electron chi connectivity index (χ3n) is 3.83. The van der Waals surface area contributed by atoms with Gasteiger partial charge in [0.2, 0.25) is 0 Å². The highest BCUT2D eigenvalue weighted by Crippen LogP contribution is 2.29. The molecule has 2 aromatic heterocycles. The Balaban J connectivity index is 2.24. The average Bonchev–Trinajstić information content (AvgIpc) is 2.57. The first-order valence-corrected chi connectivity index (χ1v) is 6.92. The van der Waals surface area contributed by atoms with Gasteiger partial charge in [-0.25, -0.2) is 9.78 Å². The van der Waals surface area contributed by atoms with Gasteiger partial charge in [0.1, 0.15) is 0 Å². The molecular formula is C18H12N2O2. The van der Waals surface area contributed by atoms with Crippen LogP contribution in [0.25, 0.3) is 32.6 Å². The first kappa shape index (κ1) is 12.7. The summed E-state index contributed by atoms with van der Waals surface area (Å²) < 4.78 is 4.97. The summed E-state index contributed by atoms with van der Waals surface area (Å²) in [5.41, 5.74) is 2.03. The highest BCUT2D eigenvalue weighted by atomic mass is 16.5. The minimum absolute atomic E-state index is 0.374. The second-order valence-electron chi connectivity index (χ2n) is 5.09. The van der Waals surface area contributed by atoms with Gasteiger partial charge in [-0.15, -0.1) is 0 Å². The number of benzene rings is 2. The van der Waals surface area contributed by atoms with Crippen LogP contribution < -0.4 is 0 Å². The maximum absolute atomic E-state index is 12.3. The first-order valence-electron chi connectivity index (χ1n) is 6.92. The number of methoxy groups -OCH3 is 1. The van der Waals surface area contributed by atoms with E-state index in [1.165, 1.54) is 7.11 Å². The molecule has 0 N–H and O–H groups in total. The zero-order valence-corrected chi connectivity index (χ0v) is 11.9. The highest BCUT2D eigenvalue weighted by molar-refractivity contribution is 6.16. The van der Waals surface area contributed by atoms with E-state index in [4.69, 9.17) is 4.74 Å². The van der Waals surface area contributed by atoms with Gasteiger partial charge < -0.3 is 4.74 Å². The molecule has 0 aliphatic heterocycles. The Bertz CT molecular complexity index is 1040. The Hall–Kier alpha value is -3.01. The normalized spacial score (nSPS) is 11.1. The lowest BCUT2D eigenvalue weighted by atomic mass is 10.0. The number of rotatable bonds is 1. The Morgan fingerprint density at radius 3 is 2.55 bits per heavy atom. The van der Waals surface area contributed by atoms with Crippen molar-refractivity contribution in [3.8, 4) is 0 Å². The predicted octanol–water partition coefficient (Wildman–Crippen LogP) is 3.72. The fourth-order valence-electron chi connectivity index (χ4n) is 2.80. The Morgan fingerprint density at radius 2 is 1.77 bits per heavy atom. The lowest BCUT2D eigenvalue weighted by Crippen LogP contribution is -2.04. The molecule has 0 saturated heterocycles. The van der Waals surface area contributed by atoms with Crippen LogP contribution in [0.5, 0.6) is 0 Å². The van der Waals surface area contributed by atoms with Crippen molar-refractivity contribution in [2.75, 3.05) is 7.11 Å². The molecule has 4 rings (SSSR count). The minimum atomic E-state index is -0.374. The molecule has 0 saturated carbocycles. The van der Waals surface area contributed by atoms with Crippen molar-refractivity contribution in [1.29, 1.82) is 0 Å². The molecule has 106 valence electrons. The van der Waals surface area contributed by atoms with E-state index < -0.39 is 0 Å². The Morgan fingerprint density at radius 1 is 1.00 bits per heavy atom. The average molecular weight is 288 g/mol. The summed E-state index contributed by atoms with van der Waals surface area (Å²) in [4.78, 5) is 21.1. The molecule has 4 heteroatoms. The van der Waals surface area contributed by atoms with E-state index in [2.05, 4.69) is 9.97 Å². The molecule has 2 heterocycles. The number of carbonyl (C=O) groups is 1. The van der Waals surface area contributed by atoms with Crippen LogP contribution in [-0.2, 0) is 4.74 Å². The number of ether oxygens (including phenoxy) is 1. The maximum atomic E-state index is 12.3.